The number of hydrogen-bond acceptors (Lipinski definition) is 4. The molecule has 0 bridgehead atoms. The van der Waals surface area contributed by atoms with Crippen LogP contribution < -0.4 is 11.1 Å². The predicted molar refractivity (Wildman–Crippen MR) is 88.4 cm³/mol. The molecular formula is C17H19N3O2. The van der Waals surface area contributed by atoms with Gasteiger partial charge < -0.3 is 16.2 Å². The summed E-state index contributed by atoms with van der Waals surface area (Å²) in [6, 6.07) is 13.8. The van der Waals surface area contributed by atoms with Crippen molar-refractivity contribution in [2.24, 2.45) is 4.99 Å². The van der Waals surface area contributed by atoms with E-state index in [2.05, 4.69) is 10.3 Å². The Morgan fingerprint density at radius 2 is 1.95 bits per heavy atom. The first-order valence-corrected chi connectivity index (χ1v) is 7.02. The van der Waals surface area contributed by atoms with E-state index in [0.717, 1.165) is 5.56 Å². The van der Waals surface area contributed by atoms with Gasteiger partial charge in [0, 0.05) is 24.0 Å². The minimum absolute atomic E-state index is 0.0341. The van der Waals surface area contributed by atoms with Crippen molar-refractivity contribution >= 4 is 17.8 Å². The first-order chi connectivity index (χ1) is 10.6. The molecule has 1 amide bonds. The molecule has 1 atom stereocenters. The van der Waals surface area contributed by atoms with Gasteiger partial charge in [-0.05, 0) is 25.1 Å². The average Bonchev–Trinajstić information content (AvgIpc) is 2.52. The van der Waals surface area contributed by atoms with Crippen LogP contribution in [0.5, 0.6) is 5.75 Å². The Balaban J connectivity index is 1.90. The number of para-hydroxylation sites is 2. The van der Waals surface area contributed by atoms with Crippen LogP contribution in [0.1, 0.15) is 22.8 Å². The summed E-state index contributed by atoms with van der Waals surface area (Å²) < 4.78 is 0. The summed E-state index contributed by atoms with van der Waals surface area (Å²) in [5.74, 6) is -0.354. The van der Waals surface area contributed by atoms with Gasteiger partial charge >= 0.3 is 0 Å². The van der Waals surface area contributed by atoms with E-state index in [1.807, 2.05) is 31.2 Å². The highest BCUT2D eigenvalue weighted by atomic mass is 16.3. The van der Waals surface area contributed by atoms with Gasteiger partial charge in [0.25, 0.3) is 5.91 Å². The number of anilines is 1. The number of carbonyl (C=O) groups excluding carboxylic acids is 1. The molecule has 0 saturated heterocycles. The number of carbonyl (C=O) groups is 1. The lowest BCUT2D eigenvalue weighted by Crippen LogP contribution is -2.30. The highest BCUT2D eigenvalue weighted by Gasteiger charge is 2.10. The fourth-order valence-electron chi connectivity index (χ4n) is 1.89. The minimum Gasteiger partial charge on any atom is -0.507 e. The lowest BCUT2D eigenvalue weighted by molar-refractivity contribution is 0.0949. The third kappa shape index (κ3) is 4.09. The van der Waals surface area contributed by atoms with Crippen LogP contribution in [0.15, 0.2) is 53.5 Å². The Morgan fingerprint density at radius 1 is 1.27 bits per heavy atom. The molecule has 0 heterocycles. The second-order valence-electron chi connectivity index (χ2n) is 4.98. The Hall–Kier alpha value is -2.82. The van der Waals surface area contributed by atoms with Crippen LogP contribution in [-0.4, -0.2) is 29.8 Å². The van der Waals surface area contributed by atoms with Crippen LogP contribution in [0.4, 0.5) is 5.69 Å². The van der Waals surface area contributed by atoms with Gasteiger partial charge in [-0.2, -0.15) is 0 Å². The molecule has 0 aliphatic heterocycles. The smallest absolute Gasteiger partial charge is 0.255 e. The van der Waals surface area contributed by atoms with E-state index in [4.69, 9.17) is 5.73 Å². The summed E-state index contributed by atoms with van der Waals surface area (Å²) in [5, 5.41) is 12.4. The zero-order valence-corrected chi connectivity index (χ0v) is 12.4. The van der Waals surface area contributed by atoms with Crippen molar-refractivity contribution in [1.82, 2.24) is 5.32 Å². The standard InChI is InChI=1S/C17H19N3O2/c1-12(19-11-13-6-2-4-8-15(13)18)10-20-17(22)14-7-3-5-9-16(14)21/h2-9,11-12,21H,10,18H2,1H3,(H,20,22). The lowest BCUT2D eigenvalue weighted by Gasteiger charge is -2.09. The molecule has 5 nitrogen and oxygen atoms in total. The van der Waals surface area contributed by atoms with Crippen molar-refractivity contribution in [3.05, 3.63) is 59.7 Å². The zero-order chi connectivity index (χ0) is 15.9. The highest BCUT2D eigenvalue weighted by Crippen LogP contribution is 2.15. The van der Waals surface area contributed by atoms with Gasteiger partial charge in [-0.1, -0.05) is 30.3 Å². The van der Waals surface area contributed by atoms with Crippen molar-refractivity contribution in [2.75, 3.05) is 12.3 Å². The number of benzene rings is 2. The second-order valence-corrected chi connectivity index (χ2v) is 4.98. The highest BCUT2D eigenvalue weighted by molar-refractivity contribution is 5.96. The number of aromatic hydroxyl groups is 1. The van der Waals surface area contributed by atoms with E-state index in [1.54, 1.807) is 24.4 Å². The molecule has 2 rings (SSSR count). The summed E-state index contributed by atoms with van der Waals surface area (Å²) in [6.07, 6.45) is 1.70. The minimum atomic E-state index is -0.320. The monoisotopic (exact) mass is 297 g/mol. The molecule has 2 aromatic rings. The molecule has 0 aromatic heterocycles. The molecule has 22 heavy (non-hydrogen) atoms. The number of phenols is 1. The van der Waals surface area contributed by atoms with Crippen LogP contribution >= 0.6 is 0 Å². The number of aliphatic imine (C=N–C) groups is 1. The van der Waals surface area contributed by atoms with Crippen LogP contribution in [-0.2, 0) is 0 Å². The number of nitrogens with zero attached hydrogens (tertiary/aromatic N) is 1. The molecule has 4 N–H and O–H groups in total. The predicted octanol–water partition coefficient (Wildman–Crippen LogP) is 2.21. The van der Waals surface area contributed by atoms with E-state index in [9.17, 15) is 9.90 Å². The third-order valence-electron chi connectivity index (χ3n) is 3.17. The number of nitrogens with two attached hydrogens (primary N) is 1. The van der Waals surface area contributed by atoms with E-state index in [1.165, 1.54) is 6.07 Å². The number of rotatable bonds is 5. The topological polar surface area (TPSA) is 87.7 Å². The van der Waals surface area contributed by atoms with E-state index in [0.29, 0.717) is 12.2 Å². The number of amides is 1. The Labute approximate surface area is 129 Å². The maximum atomic E-state index is 12.0. The largest absolute Gasteiger partial charge is 0.507 e. The molecular weight excluding hydrogens is 278 g/mol. The van der Waals surface area contributed by atoms with Crippen LogP contribution in [0.3, 0.4) is 0 Å². The fraction of sp³-hybridized carbons (Fsp3) is 0.176. The van der Waals surface area contributed by atoms with Gasteiger partial charge in [0.2, 0.25) is 0 Å². The van der Waals surface area contributed by atoms with Crippen LogP contribution in [0.25, 0.3) is 0 Å². The molecule has 0 fully saturated rings. The number of nitrogen functional groups attached to an aromatic ring is 1. The molecule has 2 aromatic carbocycles. The average molecular weight is 297 g/mol. The summed E-state index contributed by atoms with van der Waals surface area (Å²) in [7, 11) is 0. The van der Waals surface area contributed by atoms with Crippen LogP contribution in [0.2, 0.25) is 0 Å². The van der Waals surface area contributed by atoms with Gasteiger partial charge in [0.15, 0.2) is 0 Å². The zero-order valence-electron chi connectivity index (χ0n) is 12.4. The van der Waals surface area contributed by atoms with Crippen molar-refractivity contribution in [3.63, 3.8) is 0 Å². The first-order valence-electron chi connectivity index (χ1n) is 7.02. The van der Waals surface area contributed by atoms with Gasteiger partial charge in [0.1, 0.15) is 5.75 Å². The molecule has 114 valence electrons. The number of nitrogens with one attached hydrogen (secondary N) is 1. The fourth-order valence-corrected chi connectivity index (χ4v) is 1.89. The maximum Gasteiger partial charge on any atom is 0.255 e. The van der Waals surface area contributed by atoms with Gasteiger partial charge in [-0.3, -0.25) is 9.79 Å². The normalized spacial score (nSPS) is 12.2. The van der Waals surface area contributed by atoms with Gasteiger partial charge in [0.05, 0.1) is 11.6 Å². The molecule has 5 heteroatoms. The summed E-state index contributed by atoms with van der Waals surface area (Å²) in [4.78, 5) is 16.3. The SMILES string of the molecule is CC(CNC(=O)c1ccccc1O)N=Cc1ccccc1N. The Morgan fingerprint density at radius 3 is 2.68 bits per heavy atom. The van der Waals surface area contributed by atoms with Crippen molar-refractivity contribution in [3.8, 4) is 5.75 Å². The van der Waals surface area contributed by atoms with E-state index >= 15 is 0 Å². The summed E-state index contributed by atoms with van der Waals surface area (Å²) in [6.45, 7) is 2.26. The summed E-state index contributed by atoms with van der Waals surface area (Å²) in [5.41, 5.74) is 7.60. The number of phenolic OH excluding ortho intramolecular Hbond substituents is 1. The number of hydrogen-bond donors (Lipinski definition) is 3. The third-order valence-corrected chi connectivity index (χ3v) is 3.17. The maximum absolute atomic E-state index is 12.0. The van der Waals surface area contributed by atoms with Crippen molar-refractivity contribution < 1.29 is 9.90 Å². The lowest BCUT2D eigenvalue weighted by atomic mass is 10.2. The Bertz CT molecular complexity index is 683. The molecule has 0 spiro atoms. The second kappa shape index (κ2) is 7.26. The quantitative estimate of drug-likeness (QED) is 0.584. The van der Waals surface area contributed by atoms with Gasteiger partial charge in [-0.25, -0.2) is 0 Å². The molecule has 1 unspecified atom stereocenters. The Kier molecular flexibility index (Phi) is 5.14. The molecule has 0 saturated carbocycles. The first kappa shape index (κ1) is 15.6. The molecule has 0 aliphatic rings. The van der Waals surface area contributed by atoms with Crippen LogP contribution in [0, 0.1) is 0 Å². The molecule has 0 radical (unpaired) electrons. The van der Waals surface area contributed by atoms with Crippen molar-refractivity contribution in [2.45, 2.75) is 13.0 Å². The van der Waals surface area contributed by atoms with Gasteiger partial charge in [-0.15, -0.1) is 0 Å². The summed E-state index contributed by atoms with van der Waals surface area (Å²) >= 11 is 0. The van der Waals surface area contributed by atoms with E-state index in [-0.39, 0.29) is 23.3 Å². The van der Waals surface area contributed by atoms with Crippen molar-refractivity contribution in [1.29, 1.82) is 0 Å². The molecule has 0 aliphatic carbocycles. The van der Waals surface area contributed by atoms with E-state index < -0.39 is 0 Å².